The molecule has 2 saturated heterocycles. The number of hydrogen-bond acceptors (Lipinski definition) is 13. The van der Waals surface area contributed by atoms with Crippen molar-refractivity contribution < 1.29 is 29.0 Å². The Labute approximate surface area is 451 Å². The van der Waals surface area contributed by atoms with Crippen molar-refractivity contribution in [3.63, 3.8) is 0 Å². The topological polar surface area (TPSA) is 182 Å². The summed E-state index contributed by atoms with van der Waals surface area (Å²) < 4.78 is 7.85. The number of aromatic nitrogens is 4. The molecule has 1 saturated carbocycles. The van der Waals surface area contributed by atoms with Crippen molar-refractivity contribution >= 4 is 58.0 Å². The minimum Gasteiger partial charge on any atom is -0.478 e. The van der Waals surface area contributed by atoms with Crippen molar-refractivity contribution in [3.8, 4) is 17.1 Å². The summed E-state index contributed by atoms with van der Waals surface area (Å²) in [6.07, 6.45) is 12.1. The normalized spacial score (nSPS) is 22.9. The van der Waals surface area contributed by atoms with Gasteiger partial charge in [-0.25, -0.2) is 15.0 Å². The molecule has 0 bridgehead atoms. The number of hydrogen-bond donors (Lipinski definition) is 3. The summed E-state index contributed by atoms with van der Waals surface area (Å²) in [6.45, 7) is 23.2. The Hall–Kier alpha value is -7.11. The van der Waals surface area contributed by atoms with Crippen molar-refractivity contribution in [3.05, 3.63) is 107 Å². The van der Waals surface area contributed by atoms with E-state index in [0.717, 1.165) is 94.5 Å². The summed E-state index contributed by atoms with van der Waals surface area (Å²) in [5.41, 5.74) is 10.1. The molecule has 3 N–H and O–H groups in total. The maximum atomic E-state index is 14.1. The predicted octanol–water partition coefficient (Wildman–Crippen LogP) is 8.94. The molecule has 2 aliphatic carbocycles. The molecule has 7 heterocycles. The van der Waals surface area contributed by atoms with Gasteiger partial charge >= 0.3 is 0 Å². The van der Waals surface area contributed by atoms with E-state index in [1.165, 1.54) is 24.4 Å². The number of methoxy groups -OCH3 is 1. The van der Waals surface area contributed by atoms with Gasteiger partial charge < -0.3 is 34.8 Å². The quantitative estimate of drug-likeness (QED) is 0.0797. The molecule has 11 rings (SSSR count). The Morgan fingerprint density at radius 2 is 1.64 bits per heavy atom. The van der Waals surface area contributed by atoms with Gasteiger partial charge in [0.1, 0.15) is 11.5 Å². The fraction of sp³-hybridized carbons (Fsp3) is 0.483. The van der Waals surface area contributed by atoms with E-state index in [1.807, 2.05) is 36.4 Å². The molecule has 4 aliphatic heterocycles. The molecule has 77 heavy (non-hydrogen) atoms. The molecule has 5 aromatic rings. The number of amides is 4. The van der Waals surface area contributed by atoms with Gasteiger partial charge in [-0.2, -0.15) is 0 Å². The summed E-state index contributed by atoms with van der Waals surface area (Å²) in [6, 6.07) is 14.2. The number of fused-ring (bicyclic) bond motifs is 4. The largest absolute Gasteiger partial charge is 0.478 e. The molecule has 0 spiro atoms. The lowest BCUT2D eigenvalue weighted by Gasteiger charge is -2.48. The lowest BCUT2D eigenvalue weighted by Crippen LogP contribution is -2.58. The number of carbonyl (C=O) groups is 4. The first-order valence-corrected chi connectivity index (χ1v) is 27.5. The number of nitrogens with zero attached hydrogens (tertiary/aromatic N) is 9. The van der Waals surface area contributed by atoms with E-state index in [0.29, 0.717) is 75.8 Å². The summed E-state index contributed by atoms with van der Waals surface area (Å²) >= 11 is 0. The maximum absolute atomic E-state index is 14.1. The van der Waals surface area contributed by atoms with Gasteiger partial charge in [-0.3, -0.25) is 33.9 Å². The number of anilines is 6. The van der Waals surface area contributed by atoms with Gasteiger partial charge in [-0.15, -0.1) is 0 Å². The Morgan fingerprint density at radius 3 is 2.36 bits per heavy atom. The summed E-state index contributed by atoms with van der Waals surface area (Å²) in [5, 5.41) is 17.3. The number of aryl methyl sites for hydroxylation is 1. The molecular weight excluding hydrogens is 971 g/mol. The average molecular weight is 1040 g/mol. The van der Waals surface area contributed by atoms with Crippen LogP contribution in [0.3, 0.4) is 0 Å². The monoisotopic (exact) mass is 1040 g/mol. The molecule has 404 valence electrons. The number of piperidine rings is 1. The van der Waals surface area contributed by atoms with Gasteiger partial charge in [-0.05, 0) is 136 Å². The minimum absolute atomic E-state index is 0.0579. The standard InChI is InChI=1S/C60H73N11O6/c1-10-52(73)64-46-27-39(63-53-55(77-9)62-32-47(65-53)42-15-18-61-54(45(42)34-72)70-23-22-69-50(58(70)76)26-38-29-60(7,8)31-51(38)69)13-14-48(46)68-21-20-66(33-37(68)4)40-16-19-67(36(3)25-40)49-28-44-43(24-35(49)2)56(74)71(57(44)75)41-12-11-17-59(5,6)30-41/h10,13-15,18,24,26-28,32,36-37,40-41,72H,1,11-12,16-17,19-23,25,29-31,33-34H2,2-9H3,(H,63,65)(H,64,73)/t36-,37-,40?,41?/m0/s1. The number of benzene rings is 2. The zero-order valence-corrected chi connectivity index (χ0v) is 45.9. The van der Waals surface area contributed by atoms with Crippen molar-refractivity contribution in [1.29, 1.82) is 0 Å². The van der Waals surface area contributed by atoms with Crippen molar-refractivity contribution in [2.24, 2.45) is 10.8 Å². The number of rotatable bonds is 12. The molecule has 4 atom stereocenters. The third-order valence-corrected chi connectivity index (χ3v) is 17.4. The molecular formula is C60H73N11O6. The van der Waals surface area contributed by atoms with Crippen molar-refractivity contribution in [2.75, 3.05) is 65.2 Å². The fourth-order valence-corrected chi connectivity index (χ4v) is 13.7. The number of pyridine rings is 1. The number of aliphatic hydroxyl groups is 1. The number of nitrogens with one attached hydrogen (secondary N) is 2. The lowest BCUT2D eigenvalue weighted by atomic mass is 9.74. The van der Waals surface area contributed by atoms with Crippen LogP contribution in [0.4, 0.5) is 34.4 Å². The van der Waals surface area contributed by atoms with Gasteiger partial charge in [0.25, 0.3) is 23.6 Å². The van der Waals surface area contributed by atoms with E-state index < -0.39 is 0 Å². The number of ether oxygens (including phenoxy) is 1. The number of imide groups is 1. The van der Waals surface area contributed by atoms with Crippen LogP contribution in [0.25, 0.3) is 11.3 Å². The van der Waals surface area contributed by atoms with Gasteiger partial charge in [0.2, 0.25) is 5.91 Å². The average Bonchev–Trinajstić information content (AvgIpc) is 4.03. The first-order valence-electron chi connectivity index (χ1n) is 27.5. The van der Waals surface area contributed by atoms with Gasteiger partial charge in [0, 0.05) is 97.8 Å². The second-order valence-corrected chi connectivity index (χ2v) is 23.9. The molecule has 4 amide bonds. The van der Waals surface area contributed by atoms with Crippen LogP contribution in [-0.4, -0.2) is 122 Å². The van der Waals surface area contributed by atoms with Crippen LogP contribution in [0.1, 0.15) is 134 Å². The second kappa shape index (κ2) is 20.0. The number of piperazine rings is 1. The van der Waals surface area contributed by atoms with Crippen LogP contribution < -0.4 is 30.1 Å². The van der Waals surface area contributed by atoms with E-state index in [1.54, 1.807) is 28.3 Å². The molecule has 6 aliphatic rings. The van der Waals surface area contributed by atoms with Crippen molar-refractivity contribution in [2.45, 2.75) is 137 Å². The second-order valence-electron chi connectivity index (χ2n) is 23.9. The highest BCUT2D eigenvalue weighted by atomic mass is 16.5. The number of aliphatic hydroxyl groups excluding tert-OH is 1. The van der Waals surface area contributed by atoms with Crippen LogP contribution in [0, 0.1) is 17.8 Å². The van der Waals surface area contributed by atoms with Crippen LogP contribution in [0.5, 0.6) is 5.88 Å². The number of carbonyl (C=O) groups excluding carboxylic acids is 4. The SMILES string of the molecule is C=CC(=O)Nc1cc(Nc2nc(-c3ccnc(N4CCn5c(cc6c5CC(C)(C)C6)C4=O)c3CO)cnc2OC)ccc1N1CCN(C2CCN(c3cc4c(cc3C)C(=O)N(C3CCCC(C)(C)C3)C4=O)[C@@H](C)C2)C[C@@H]1C. The van der Waals surface area contributed by atoms with E-state index in [-0.39, 0.29) is 65.1 Å². The molecule has 17 nitrogen and oxygen atoms in total. The third-order valence-electron chi connectivity index (χ3n) is 17.4. The molecule has 0 radical (unpaired) electrons. The highest BCUT2D eigenvalue weighted by Crippen LogP contribution is 2.44. The van der Waals surface area contributed by atoms with Crippen LogP contribution in [0.15, 0.2) is 67.5 Å². The van der Waals surface area contributed by atoms with Gasteiger partial charge in [0.15, 0.2) is 5.82 Å². The lowest BCUT2D eigenvalue weighted by molar-refractivity contribution is -0.111. The minimum atomic E-state index is -0.383. The predicted molar refractivity (Wildman–Crippen MR) is 300 cm³/mol. The molecule has 3 aromatic heterocycles. The van der Waals surface area contributed by atoms with Crippen LogP contribution in [-0.2, 0) is 30.8 Å². The Morgan fingerprint density at radius 1 is 0.857 bits per heavy atom. The van der Waals surface area contributed by atoms with Gasteiger partial charge in [-0.1, -0.05) is 40.7 Å². The fourth-order valence-electron chi connectivity index (χ4n) is 13.7. The highest BCUT2D eigenvalue weighted by molar-refractivity contribution is 6.22. The van der Waals surface area contributed by atoms with E-state index in [2.05, 4.69) is 94.9 Å². The Bertz CT molecular complexity index is 3220. The first-order chi connectivity index (χ1) is 36.8. The molecule has 2 unspecified atom stereocenters. The molecule has 2 aromatic carbocycles. The van der Waals surface area contributed by atoms with E-state index in [4.69, 9.17) is 9.72 Å². The smallest absolute Gasteiger partial charge is 0.276 e. The zero-order valence-electron chi connectivity index (χ0n) is 45.9. The Kier molecular flexibility index (Phi) is 13.5. The third kappa shape index (κ3) is 9.52. The van der Waals surface area contributed by atoms with Crippen molar-refractivity contribution in [1.82, 2.24) is 29.3 Å². The summed E-state index contributed by atoms with van der Waals surface area (Å²) in [4.78, 5) is 79.7. The Balaban J connectivity index is 0.776. The summed E-state index contributed by atoms with van der Waals surface area (Å²) in [5.74, 6) is 0.156. The molecule has 3 fully saturated rings. The first kappa shape index (κ1) is 52.0. The van der Waals surface area contributed by atoms with Crippen LogP contribution in [0.2, 0.25) is 0 Å². The summed E-state index contributed by atoms with van der Waals surface area (Å²) in [7, 11) is 1.52. The highest BCUT2D eigenvalue weighted by Gasteiger charge is 2.45. The maximum Gasteiger partial charge on any atom is 0.276 e. The zero-order chi connectivity index (χ0) is 54.2. The molecule has 17 heteroatoms. The van der Waals surface area contributed by atoms with Crippen LogP contribution >= 0.6 is 0 Å². The van der Waals surface area contributed by atoms with E-state index in [9.17, 15) is 24.3 Å². The van der Waals surface area contributed by atoms with Gasteiger partial charge in [0.05, 0.1) is 48.1 Å². The van der Waals surface area contributed by atoms with E-state index >= 15 is 0 Å².